The van der Waals surface area contributed by atoms with Crippen molar-refractivity contribution in [3.05, 3.63) is 0 Å². The highest BCUT2D eigenvalue weighted by atomic mass is 16.4. The minimum absolute atomic E-state index is 0.117. The maximum absolute atomic E-state index is 12.3. The van der Waals surface area contributed by atoms with Gasteiger partial charge in [-0.3, -0.25) is 9.59 Å². The van der Waals surface area contributed by atoms with Gasteiger partial charge in [0.25, 0.3) is 0 Å². The lowest BCUT2D eigenvalue weighted by atomic mass is 9.97. The van der Waals surface area contributed by atoms with Crippen LogP contribution in [0.25, 0.3) is 0 Å². The summed E-state index contributed by atoms with van der Waals surface area (Å²) in [5.74, 6) is -1.99. The molecule has 21 heavy (non-hydrogen) atoms. The molecule has 3 unspecified atom stereocenters. The van der Waals surface area contributed by atoms with Crippen LogP contribution in [-0.2, 0) is 14.4 Å². The minimum atomic E-state index is -1.08. The summed E-state index contributed by atoms with van der Waals surface area (Å²) in [4.78, 5) is 34.9. The third-order valence-corrected chi connectivity index (χ3v) is 3.32. The lowest BCUT2D eigenvalue weighted by Crippen LogP contribution is -2.55. The van der Waals surface area contributed by atoms with E-state index in [1.807, 2.05) is 27.7 Å². The van der Waals surface area contributed by atoms with Gasteiger partial charge in [-0.15, -0.1) is 0 Å². The molecule has 0 aliphatic heterocycles. The van der Waals surface area contributed by atoms with Gasteiger partial charge in [0.15, 0.2) is 0 Å². The first kappa shape index (κ1) is 19.4. The van der Waals surface area contributed by atoms with Gasteiger partial charge in [0.1, 0.15) is 12.1 Å². The Balaban J connectivity index is 4.92. The second-order valence-electron chi connectivity index (χ2n) is 5.66. The van der Waals surface area contributed by atoms with Crippen LogP contribution in [-0.4, -0.2) is 41.5 Å². The fourth-order valence-electron chi connectivity index (χ4n) is 1.89. The smallest absolute Gasteiger partial charge is 0.326 e. The van der Waals surface area contributed by atoms with Crippen LogP contribution in [0.1, 0.15) is 40.5 Å². The van der Waals surface area contributed by atoms with Crippen molar-refractivity contribution in [1.82, 2.24) is 10.6 Å². The zero-order valence-electron chi connectivity index (χ0n) is 13.2. The number of aliphatic carboxylic acids is 1. The Morgan fingerprint density at radius 2 is 1.71 bits per heavy atom. The van der Waals surface area contributed by atoms with Gasteiger partial charge in [-0.05, 0) is 18.3 Å². The molecule has 0 bridgehead atoms. The zero-order valence-corrected chi connectivity index (χ0v) is 13.2. The average Bonchev–Trinajstić information content (AvgIpc) is 2.41. The molecule has 7 heteroatoms. The summed E-state index contributed by atoms with van der Waals surface area (Å²) in [7, 11) is 0. The van der Waals surface area contributed by atoms with Gasteiger partial charge in [-0.2, -0.15) is 0 Å². The van der Waals surface area contributed by atoms with Gasteiger partial charge in [0.05, 0.1) is 6.54 Å². The molecule has 0 aromatic carbocycles. The first-order valence-corrected chi connectivity index (χ1v) is 7.25. The molecule has 5 N–H and O–H groups in total. The maximum Gasteiger partial charge on any atom is 0.326 e. The Kier molecular flexibility index (Phi) is 8.61. The number of hydrogen-bond acceptors (Lipinski definition) is 4. The number of nitrogens with one attached hydrogen (secondary N) is 2. The number of hydrogen-bond donors (Lipinski definition) is 4. The van der Waals surface area contributed by atoms with Crippen LogP contribution in [0.2, 0.25) is 0 Å². The van der Waals surface area contributed by atoms with Gasteiger partial charge in [0.2, 0.25) is 11.8 Å². The summed E-state index contributed by atoms with van der Waals surface area (Å²) >= 11 is 0. The van der Waals surface area contributed by atoms with Crippen LogP contribution in [0.3, 0.4) is 0 Å². The Bertz CT molecular complexity index is 371. The molecular formula is C14H27N3O4. The Labute approximate surface area is 125 Å². The molecule has 0 saturated heterocycles. The highest BCUT2D eigenvalue weighted by molar-refractivity contribution is 5.91. The maximum atomic E-state index is 12.3. The van der Waals surface area contributed by atoms with E-state index in [9.17, 15) is 14.4 Å². The highest BCUT2D eigenvalue weighted by Crippen LogP contribution is 2.10. The van der Waals surface area contributed by atoms with Crippen LogP contribution in [0.15, 0.2) is 0 Å². The van der Waals surface area contributed by atoms with E-state index < -0.39 is 29.9 Å². The van der Waals surface area contributed by atoms with Crippen molar-refractivity contribution in [1.29, 1.82) is 0 Å². The van der Waals surface area contributed by atoms with E-state index in [0.29, 0.717) is 12.8 Å². The predicted octanol–water partition coefficient (Wildman–Crippen LogP) is 0.0915. The SMILES string of the molecule is CCC(C)C(NC(=O)CN)C(=O)NC(CC(C)C)C(=O)O. The molecule has 0 aliphatic carbocycles. The van der Waals surface area contributed by atoms with Crippen LogP contribution in [0.5, 0.6) is 0 Å². The number of nitrogens with two attached hydrogens (primary N) is 1. The summed E-state index contributed by atoms with van der Waals surface area (Å²) in [6.07, 6.45) is 1.00. The third kappa shape index (κ3) is 7.08. The highest BCUT2D eigenvalue weighted by Gasteiger charge is 2.29. The van der Waals surface area contributed by atoms with Crippen LogP contribution in [0.4, 0.5) is 0 Å². The van der Waals surface area contributed by atoms with Gasteiger partial charge in [-0.1, -0.05) is 34.1 Å². The molecule has 0 aliphatic rings. The molecule has 0 fully saturated rings. The average molecular weight is 301 g/mol. The third-order valence-electron chi connectivity index (χ3n) is 3.32. The van der Waals surface area contributed by atoms with E-state index in [0.717, 1.165) is 0 Å². The Morgan fingerprint density at radius 1 is 1.14 bits per heavy atom. The standard InChI is InChI=1S/C14H27N3O4/c1-5-9(4)12(17-11(18)7-15)13(19)16-10(14(20)21)6-8(2)3/h8-10,12H,5-7,15H2,1-4H3,(H,16,19)(H,17,18)(H,20,21). The predicted molar refractivity (Wildman–Crippen MR) is 79.5 cm³/mol. The van der Waals surface area contributed by atoms with Gasteiger partial charge in [-0.25, -0.2) is 4.79 Å². The second-order valence-corrected chi connectivity index (χ2v) is 5.66. The first-order chi connectivity index (χ1) is 9.72. The number of carboxylic acid groups (broad SMARTS) is 1. The number of carbonyl (C=O) groups excluding carboxylic acids is 2. The van der Waals surface area contributed by atoms with E-state index in [4.69, 9.17) is 10.8 Å². The Morgan fingerprint density at radius 3 is 2.10 bits per heavy atom. The second kappa shape index (κ2) is 9.33. The molecule has 7 nitrogen and oxygen atoms in total. The van der Waals surface area contributed by atoms with Crippen molar-refractivity contribution in [2.45, 2.75) is 52.6 Å². The van der Waals surface area contributed by atoms with Crippen molar-refractivity contribution in [3.8, 4) is 0 Å². The van der Waals surface area contributed by atoms with E-state index in [1.54, 1.807) is 0 Å². The number of carbonyl (C=O) groups is 3. The number of rotatable bonds is 9. The first-order valence-electron chi connectivity index (χ1n) is 7.25. The largest absolute Gasteiger partial charge is 0.480 e. The van der Waals surface area contributed by atoms with Gasteiger partial charge in [0, 0.05) is 0 Å². The summed E-state index contributed by atoms with van der Waals surface area (Å²) in [5, 5.41) is 14.2. The summed E-state index contributed by atoms with van der Waals surface area (Å²) in [6.45, 7) is 7.26. The molecule has 0 radical (unpaired) electrons. The molecule has 0 saturated carbocycles. The molecule has 122 valence electrons. The van der Waals surface area contributed by atoms with Crippen LogP contribution in [0, 0.1) is 11.8 Å². The van der Waals surface area contributed by atoms with Crippen LogP contribution >= 0.6 is 0 Å². The van der Waals surface area contributed by atoms with E-state index in [1.165, 1.54) is 0 Å². The molecule has 0 heterocycles. The topological polar surface area (TPSA) is 122 Å². The fraction of sp³-hybridized carbons (Fsp3) is 0.786. The van der Waals surface area contributed by atoms with E-state index in [2.05, 4.69) is 10.6 Å². The number of amides is 2. The van der Waals surface area contributed by atoms with E-state index in [-0.39, 0.29) is 18.4 Å². The molecule has 0 aromatic heterocycles. The normalized spacial score (nSPS) is 15.1. The molecule has 0 aromatic rings. The minimum Gasteiger partial charge on any atom is -0.480 e. The lowest BCUT2D eigenvalue weighted by molar-refractivity contribution is -0.143. The molecule has 2 amide bonds. The van der Waals surface area contributed by atoms with Crippen molar-refractivity contribution in [2.75, 3.05) is 6.54 Å². The van der Waals surface area contributed by atoms with Crippen LogP contribution < -0.4 is 16.4 Å². The number of carboxylic acids is 1. The van der Waals surface area contributed by atoms with Crippen molar-refractivity contribution < 1.29 is 19.5 Å². The van der Waals surface area contributed by atoms with E-state index >= 15 is 0 Å². The molecular weight excluding hydrogens is 274 g/mol. The lowest BCUT2D eigenvalue weighted by Gasteiger charge is -2.25. The molecule has 3 atom stereocenters. The molecule has 0 rings (SSSR count). The van der Waals surface area contributed by atoms with Crippen molar-refractivity contribution in [2.24, 2.45) is 17.6 Å². The van der Waals surface area contributed by atoms with Crippen molar-refractivity contribution in [3.63, 3.8) is 0 Å². The van der Waals surface area contributed by atoms with Gasteiger partial charge >= 0.3 is 5.97 Å². The Hall–Kier alpha value is -1.63. The summed E-state index contributed by atoms with van der Waals surface area (Å²) in [5.41, 5.74) is 5.24. The molecule has 0 spiro atoms. The zero-order chi connectivity index (χ0) is 16.6. The summed E-state index contributed by atoms with van der Waals surface area (Å²) in [6, 6.07) is -1.74. The van der Waals surface area contributed by atoms with Gasteiger partial charge < -0.3 is 21.5 Å². The summed E-state index contributed by atoms with van der Waals surface area (Å²) < 4.78 is 0. The van der Waals surface area contributed by atoms with Crippen molar-refractivity contribution >= 4 is 17.8 Å². The quantitative estimate of drug-likeness (QED) is 0.481. The fourth-order valence-corrected chi connectivity index (χ4v) is 1.89. The monoisotopic (exact) mass is 301 g/mol.